The van der Waals surface area contributed by atoms with Crippen molar-refractivity contribution < 1.29 is 9.18 Å². The van der Waals surface area contributed by atoms with Gasteiger partial charge in [-0.2, -0.15) is 0 Å². The smallest absolute Gasteiger partial charge is 0.272 e. The molecule has 0 aliphatic heterocycles. The number of aromatic nitrogens is 1. The predicted molar refractivity (Wildman–Crippen MR) is 93.1 cm³/mol. The molecule has 0 unspecified atom stereocenters. The van der Waals surface area contributed by atoms with E-state index in [4.69, 9.17) is 0 Å². The van der Waals surface area contributed by atoms with Crippen molar-refractivity contribution in [2.75, 3.05) is 6.54 Å². The van der Waals surface area contributed by atoms with Crippen LogP contribution in [0.15, 0.2) is 42.6 Å². The van der Waals surface area contributed by atoms with Crippen LogP contribution in [0, 0.1) is 17.7 Å². The summed E-state index contributed by atoms with van der Waals surface area (Å²) in [7, 11) is 0. The number of nitrogens with zero attached hydrogens (tertiary/aromatic N) is 2. The third kappa shape index (κ3) is 4.42. The lowest BCUT2D eigenvalue weighted by atomic mass is 10.1. The van der Waals surface area contributed by atoms with Crippen molar-refractivity contribution >= 4 is 5.91 Å². The minimum atomic E-state index is -0.317. The molecule has 0 aliphatic rings. The lowest BCUT2D eigenvalue weighted by Crippen LogP contribution is -2.45. The minimum Gasteiger partial charge on any atom is -0.333 e. The summed E-state index contributed by atoms with van der Waals surface area (Å²) < 4.78 is 13.1. The number of halogens is 1. The molecule has 4 heteroatoms. The molecule has 1 aromatic carbocycles. The van der Waals surface area contributed by atoms with Gasteiger partial charge in [-0.05, 0) is 58.0 Å². The molecule has 0 aliphatic carbocycles. The Kier molecular flexibility index (Phi) is 5.35. The Morgan fingerprint density at radius 3 is 2.42 bits per heavy atom. The van der Waals surface area contributed by atoms with Crippen LogP contribution in [0.4, 0.5) is 4.39 Å². The summed E-state index contributed by atoms with van der Waals surface area (Å²) in [6.07, 6.45) is 1.57. The summed E-state index contributed by atoms with van der Waals surface area (Å²) >= 11 is 0. The quantitative estimate of drug-likeness (QED) is 0.786. The van der Waals surface area contributed by atoms with E-state index in [1.54, 1.807) is 35.4 Å². The van der Waals surface area contributed by atoms with Crippen molar-refractivity contribution in [3.63, 3.8) is 0 Å². The van der Waals surface area contributed by atoms with Crippen molar-refractivity contribution in [2.45, 2.75) is 33.2 Å². The Bertz CT molecular complexity index is 780. The van der Waals surface area contributed by atoms with E-state index in [1.807, 2.05) is 27.7 Å². The SMILES string of the molecule is CCN(C(=O)c1ccc(C#Cc2cccc(F)c2)cn1)C(C)(C)C. The Balaban J connectivity index is 2.18. The van der Waals surface area contributed by atoms with Gasteiger partial charge in [0.25, 0.3) is 5.91 Å². The molecule has 0 saturated heterocycles. The first kappa shape index (κ1) is 17.7. The summed E-state index contributed by atoms with van der Waals surface area (Å²) in [5, 5.41) is 0. The highest BCUT2D eigenvalue weighted by Gasteiger charge is 2.26. The van der Waals surface area contributed by atoms with Crippen molar-refractivity contribution in [1.29, 1.82) is 0 Å². The lowest BCUT2D eigenvalue weighted by molar-refractivity contribution is 0.0592. The van der Waals surface area contributed by atoms with E-state index in [0.29, 0.717) is 23.4 Å². The van der Waals surface area contributed by atoms with Gasteiger partial charge in [0.1, 0.15) is 11.5 Å². The number of rotatable bonds is 2. The van der Waals surface area contributed by atoms with Crippen LogP contribution in [0.3, 0.4) is 0 Å². The Morgan fingerprint density at radius 2 is 1.88 bits per heavy atom. The molecule has 0 bridgehead atoms. The van der Waals surface area contributed by atoms with Crippen LogP contribution in [-0.2, 0) is 0 Å². The number of carbonyl (C=O) groups is 1. The zero-order valence-corrected chi connectivity index (χ0v) is 14.4. The topological polar surface area (TPSA) is 33.2 Å². The first-order valence-corrected chi connectivity index (χ1v) is 7.87. The molecule has 0 spiro atoms. The second kappa shape index (κ2) is 7.27. The second-order valence-corrected chi connectivity index (χ2v) is 6.41. The molecule has 0 radical (unpaired) electrons. The molecular weight excluding hydrogens is 303 g/mol. The van der Waals surface area contributed by atoms with Crippen molar-refractivity contribution in [3.05, 3.63) is 65.2 Å². The molecule has 1 heterocycles. The van der Waals surface area contributed by atoms with Crippen LogP contribution in [0.5, 0.6) is 0 Å². The molecular formula is C20H21FN2O. The van der Waals surface area contributed by atoms with Crippen molar-refractivity contribution in [2.24, 2.45) is 0 Å². The number of hydrogen-bond donors (Lipinski definition) is 0. The van der Waals surface area contributed by atoms with Crippen molar-refractivity contribution in [1.82, 2.24) is 9.88 Å². The van der Waals surface area contributed by atoms with E-state index in [2.05, 4.69) is 16.8 Å². The molecule has 2 rings (SSSR count). The highest BCUT2D eigenvalue weighted by atomic mass is 19.1. The van der Waals surface area contributed by atoms with E-state index >= 15 is 0 Å². The number of hydrogen-bond acceptors (Lipinski definition) is 2. The number of benzene rings is 1. The van der Waals surface area contributed by atoms with Crippen LogP contribution in [0.2, 0.25) is 0 Å². The van der Waals surface area contributed by atoms with Gasteiger partial charge in [0.15, 0.2) is 0 Å². The van der Waals surface area contributed by atoms with Crippen LogP contribution in [0.1, 0.15) is 49.3 Å². The summed E-state index contributed by atoms with van der Waals surface area (Å²) in [5.74, 6) is 5.39. The molecule has 1 amide bonds. The molecule has 1 aromatic heterocycles. The van der Waals surface area contributed by atoms with Gasteiger partial charge in [0, 0.05) is 29.4 Å². The molecule has 24 heavy (non-hydrogen) atoms. The maximum Gasteiger partial charge on any atom is 0.272 e. The molecule has 0 N–H and O–H groups in total. The van der Waals surface area contributed by atoms with E-state index in [-0.39, 0.29) is 17.3 Å². The molecule has 124 valence electrons. The lowest BCUT2D eigenvalue weighted by Gasteiger charge is -2.34. The van der Waals surface area contributed by atoms with E-state index in [9.17, 15) is 9.18 Å². The van der Waals surface area contributed by atoms with Gasteiger partial charge in [-0.3, -0.25) is 4.79 Å². The second-order valence-electron chi connectivity index (χ2n) is 6.41. The predicted octanol–water partition coefficient (Wildman–Crippen LogP) is 3.88. The fourth-order valence-corrected chi connectivity index (χ4v) is 2.37. The third-order valence-electron chi connectivity index (χ3n) is 3.53. The monoisotopic (exact) mass is 324 g/mol. The number of pyridine rings is 1. The normalized spacial score (nSPS) is 10.7. The Labute approximate surface area is 142 Å². The first-order valence-electron chi connectivity index (χ1n) is 7.87. The van der Waals surface area contributed by atoms with E-state index in [1.165, 1.54) is 12.1 Å². The zero-order chi connectivity index (χ0) is 17.7. The van der Waals surface area contributed by atoms with Crippen LogP contribution in [-0.4, -0.2) is 27.9 Å². The molecule has 0 fully saturated rings. The maximum absolute atomic E-state index is 13.1. The largest absolute Gasteiger partial charge is 0.333 e. The van der Waals surface area contributed by atoms with Gasteiger partial charge in [0.05, 0.1) is 0 Å². The average Bonchev–Trinajstić information content (AvgIpc) is 2.53. The highest BCUT2D eigenvalue weighted by molar-refractivity contribution is 5.92. The summed E-state index contributed by atoms with van der Waals surface area (Å²) in [5.41, 5.74) is 1.40. The van der Waals surface area contributed by atoms with Crippen LogP contribution in [0.25, 0.3) is 0 Å². The molecule has 2 aromatic rings. The van der Waals surface area contributed by atoms with Gasteiger partial charge < -0.3 is 4.90 Å². The van der Waals surface area contributed by atoms with Gasteiger partial charge in [0.2, 0.25) is 0 Å². The van der Waals surface area contributed by atoms with Gasteiger partial charge in [-0.1, -0.05) is 17.9 Å². The maximum atomic E-state index is 13.1. The summed E-state index contributed by atoms with van der Waals surface area (Å²) in [4.78, 5) is 18.5. The van der Waals surface area contributed by atoms with Crippen molar-refractivity contribution in [3.8, 4) is 11.8 Å². The number of amides is 1. The molecule has 3 nitrogen and oxygen atoms in total. The van der Waals surface area contributed by atoms with E-state index in [0.717, 1.165) is 0 Å². The summed E-state index contributed by atoms with van der Waals surface area (Å²) in [6, 6.07) is 9.53. The Morgan fingerprint density at radius 1 is 1.17 bits per heavy atom. The fraction of sp³-hybridized carbons (Fsp3) is 0.300. The van der Waals surface area contributed by atoms with Crippen LogP contribution < -0.4 is 0 Å². The highest BCUT2D eigenvalue weighted by Crippen LogP contribution is 2.16. The molecule has 0 atom stereocenters. The first-order chi connectivity index (χ1) is 11.3. The fourth-order valence-electron chi connectivity index (χ4n) is 2.37. The van der Waals surface area contributed by atoms with Gasteiger partial charge in [-0.25, -0.2) is 9.37 Å². The number of carbonyl (C=O) groups excluding carboxylic acids is 1. The average molecular weight is 324 g/mol. The Hall–Kier alpha value is -2.67. The summed E-state index contributed by atoms with van der Waals surface area (Å²) in [6.45, 7) is 8.54. The van der Waals surface area contributed by atoms with E-state index < -0.39 is 0 Å². The standard InChI is InChI=1S/C20H21FN2O/c1-5-23(20(2,3)4)19(24)18-12-11-16(14-22-18)10-9-15-7-6-8-17(21)13-15/h6-8,11-14H,5H2,1-4H3. The zero-order valence-electron chi connectivity index (χ0n) is 14.4. The van der Waals surface area contributed by atoms with Crippen LogP contribution >= 0.6 is 0 Å². The molecule has 0 saturated carbocycles. The van der Waals surface area contributed by atoms with Gasteiger partial charge in [-0.15, -0.1) is 0 Å². The third-order valence-corrected chi connectivity index (χ3v) is 3.53. The van der Waals surface area contributed by atoms with Gasteiger partial charge >= 0.3 is 0 Å². The minimum absolute atomic E-state index is 0.102.